The Balaban J connectivity index is 2.01. The fourth-order valence-electron chi connectivity index (χ4n) is 1.80. The van der Waals surface area contributed by atoms with Crippen LogP contribution in [0.3, 0.4) is 0 Å². The largest absolute Gasteiger partial charge is 0.399 e. The van der Waals surface area contributed by atoms with E-state index in [4.69, 9.17) is 11.5 Å². The maximum absolute atomic E-state index is 5.94. The van der Waals surface area contributed by atoms with Crippen molar-refractivity contribution in [2.75, 3.05) is 11.1 Å². The molecule has 0 aliphatic rings. The van der Waals surface area contributed by atoms with Crippen molar-refractivity contribution in [1.29, 1.82) is 0 Å². The number of aliphatic imine (C=N–C) groups is 1. The lowest BCUT2D eigenvalue weighted by molar-refractivity contribution is 1.30. The lowest BCUT2D eigenvalue weighted by Crippen LogP contribution is -2.00. The number of nitrogens with one attached hydrogen (secondary N) is 1. The first-order valence-corrected chi connectivity index (χ1v) is 6.78. The van der Waals surface area contributed by atoms with Crippen molar-refractivity contribution in [2.24, 2.45) is 10.7 Å². The van der Waals surface area contributed by atoms with Crippen LogP contribution in [0.4, 0.5) is 11.4 Å². The van der Waals surface area contributed by atoms with Gasteiger partial charge >= 0.3 is 0 Å². The first-order valence-electron chi connectivity index (χ1n) is 6.78. The zero-order chi connectivity index (χ0) is 15.9. The number of hydrogen-bond acceptors (Lipinski definition) is 5. The number of allylic oxidation sites excluding steroid dienone is 1. The van der Waals surface area contributed by atoms with Crippen LogP contribution in [0.25, 0.3) is 5.70 Å². The zero-order valence-electron chi connectivity index (χ0n) is 12.5. The van der Waals surface area contributed by atoms with E-state index in [0.29, 0.717) is 17.2 Å². The Labute approximate surface area is 130 Å². The second-order valence-electron chi connectivity index (χ2n) is 4.79. The van der Waals surface area contributed by atoms with E-state index in [1.165, 1.54) is 0 Å². The molecule has 0 aliphatic carbocycles. The normalized spacial score (nSPS) is 11.6. The Kier molecular flexibility index (Phi) is 4.93. The average molecular weight is 293 g/mol. The van der Waals surface area contributed by atoms with Gasteiger partial charge < -0.3 is 16.8 Å². The average Bonchev–Trinajstić information content (AvgIpc) is 2.51. The van der Waals surface area contributed by atoms with Crippen LogP contribution in [0, 0.1) is 6.92 Å². The monoisotopic (exact) mass is 293 g/mol. The summed E-state index contributed by atoms with van der Waals surface area (Å²) in [5.74, 6) is 0.504. The molecule has 0 amide bonds. The van der Waals surface area contributed by atoms with Crippen molar-refractivity contribution in [3.8, 4) is 0 Å². The van der Waals surface area contributed by atoms with Crippen molar-refractivity contribution in [3.05, 3.63) is 72.3 Å². The molecule has 0 radical (unpaired) electrons. The molecule has 2 rings (SSSR count). The minimum Gasteiger partial charge on any atom is -0.399 e. The second kappa shape index (κ2) is 7.08. The van der Waals surface area contributed by atoms with E-state index in [2.05, 4.69) is 21.9 Å². The first-order chi connectivity index (χ1) is 10.6. The Morgan fingerprint density at radius 2 is 2.18 bits per heavy atom. The fourth-order valence-corrected chi connectivity index (χ4v) is 1.80. The molecule has 1 aromatic carbocycles. The van der Waals surface area contributed by atoms with Crippen LogP contribution in [0.5, 0.6) is 0 Å². The van der Waals surface area contributed by atoms with Crippen LogP contribution in [0.2, 0.25) is 0 Å². The number of nitrogens with two attached hydrogens (primary N) is 2. The summed E-state index contributed by atoms with van der Waals surface area (Å²) in [7, 11) is 0. The van der Waals surface area contributed by atoms with E-state index < -0.39 is 0 Å². The van der Waals surface area contributed by atoms with Gasteiger partial charge in [0.1, 0.15) is 5.82 Å². The van der Waals surface area contributed by atoms with Gasteiger partial charge in [-0.1, -0.05) is 12.6 Å². The molecule has 1 aromatic heterocycles. The minimum atomic E-state index is 0.504. The van der Waals surface area contributed by atoms with Crippen LogP contribution in [0.15, 0.2) is 66.2 Å². The predicted octanol–water partition coefficient (Wildman–Crippen LogP) is 2.93. The first kappa shape index (κ1) is 15.3. The molecule has 5 nitrogen and oxygen atoms in total. The Bertz CT molecular complexity index is 717. The number of aryl methyl sites for hydroxylation is 1. The summed E-state index contributed by atoms with van der Waals surface area (Å²) >= 11 is 0. The molecule has 0 bridgehead atoms. The smallest absolute Gasteiger partial charge is 0.122 e. The van der Waals surface area contributed by atoms with E-state index >= 15 is 0 Å². The van der Waals surface area contributed by atoms with E-state index in [9.17, 15) is 0 Å². The third-order valence-corrected chi connectivity index (χ3v) is 3.02. The topological polar surface area (TPSA) is 89.3 Å². The van der Waals surface area contributed by atoms with E-state index in [-0.39, 0.29) is 0 Å². The summed E-state index contributed by atoms with van der Waals surface area (Å²) in [6.07, 6.45) is 6.70. The van der Waals surface area contributed by atoms with Gasteiger partial charge in [0.05, 0.1) is 0 Å². The number of nitrogen functional groups attached to an aromatic ring is 1. The molecule has 5 N–H and O–H groups in total. The summed E-state index contributed by atoms with van der Waals surface area (Å²) in [6.45, 7) is 5.84. The number of rotatable bonds is 5. The maximum Gasteiger partial charge on any atom is 0.122 e. The summed E-state index contributed by atoms with van der Waals surface area (Å²) in [6, 6.07) is 9.35. The van der Waals surface area contributed by atoms with Crippen molar-refractivity contribution in [3.63, 3.8) is 0 Å². The number of benzene rings is 1. The quantitative estimate of drug-likeness (QED) is 0.584. The molecule has 0 fully saturated rings. The number of pyridine rings is 1. The second-order valence-corrected chi connectivity index (χ2v) is 4.79. The van der Waals surface area contributed by atoms with Crippen molar-refractivity contribution in [1.82, 2.24) is 4.98 Å². The van der Waals surface area contributed by atoms with Crippen LogP contribution in [-0.2, 0) is 0 Å². The van der Waals surface area contributed by atoms with Crippen LogP contribution >= 0.6 is 0 Å². The number of anilines is 2. The molecule has 0 aliphatic heterocycles. The van der Waals surface area contributed by atoms with Crippen molar-refractivity contribution in [2.45, 2.75) is 6.92 Å². The third kappa shape index (κ3) is 4.21. The molecule has 112 valence electrons. The van der Waals surface area contributed by atoms with Gasteiger partial charge in [-0.05, 0) is 42.8 Å². The van der Waals surface area contributed by atoms with Crippen molar-refractivity contribution < 1.29 is 0 Å². The highest BCUT2D eigenvalue weighted by molar-refractivity contribution is 5.83. The van der Waals surface area contributed by atoms with Gasteiger partial charge in [0.2, 0.25) is 0 Å². The van der Waals surface area contributed by atoms with Gasteiger partial charge in [-0.3, -0.25) is 4.98 Å². The summed E-state index contributed by atoms with van der Waals surface area (Å²) in [4.78, 5) is 8.22. The number of nitrogens with zero attached hydrogens (tertiary/aromatic N) is 2. The van der Waals surface area contributed by atoms with Gasteiger partial charge in [0.15, 0.2) is 0 Å². The molecule has 22 heavy (non-hydrogen) atoms. The standard InChI is InChI=1S/C17H19N5/c1-12-5-6-15(18)10-17(12)22-13(2)21-9-7-16(19)14-4-3-8-20-11-14/h3-11,22H,2,18-19H2,1H3/b16-7-,21-9?. The molecule has 5 heteroatoms. The summed E-state index contributed by atoms with van der Waals surface area (Å²) in [5, 5.41) is 3.11. The number of hydrogen-bond donors (Lipinski definition) is 3. The molecule has 1 heterocycles. The number of aromatic nitrogens is 1. The Morgan fingerprint density at radius 1 is 1.36 bits per heavy atom. The maximum atomic E-state index is 5.94. The summed E-state index contributed by atoms with van der Waals surface area (Å²) in [5.41, 5.74) is 15.8. The zero-order valence-corrected chi connectivity index (χ0v) is 12.5. The molecular weight excluding hydrogens is 274 g/mol. The lowest BCUT2D eigenvalue weighted by atomic mass is 10.2. The molecule has 0 saturated heterocycles. The Hall–Kier alpha value is -3.08. The van der Waals surface area contributed by atoms with Gasteiger partial charge in [0.25, 0.3) is 0 Å². The van der Waals surface area contributed by atoms with Crippen LogP contribution in [0.1, 0.15) is 11.1 Å². The highest BCUT2D eigenvalue weighted by Crippen LogP contribution is 2.19. The Morgan fingerprint density at radius 3 is 2.91 bits per heavy atom. The molecule has 0 saturated carbocycles. The van der Waals surface area contributed by atoms with E-state index in [1.807, 2.05) is 37.3 Å². The van der Waals surface area contributed by atoms with Gasteiger partial charge in [-0.15, -0.1) is 0 Å². The molecule has 2 aromatic rings. The molecule has 0 atom stereocenters. The van der Waals surface area contributed by atoms with Gasteiger partial charge in [-0.2, -0.15) is 0 Å². The lowest BCUT2D eigenvalue weighted by Gasteiger charge is -2.09. The molecule has 0 unspecified atom stereocenters. The highest BCUT2D eigenvalue weighted by Gasteiger charge is 1.99. The van der Waals surface area contributed by atoms with Gasteiger partial charge in [0, 0.05) is 41.2 Å². The molecule has 0 spiro atoms. The predicted molar refractivity (Wildman–Crippen MR) is 93.2 cm³/mol. The SMILES string of the molecule is C=C(N=C/C=C(\N)c1cccnc1)Nc1cc(N)ccc1C. The van der Waals surface area contributed by atoms with E-state index in [1.54, 1.807) is 24.7 Å². The van der Waals surface area contributed by atoms with Gasteiger partial charge in [-0.25, -0.2) is 4.99 Å². The van der Waals surface area contributed by atoms with Crippen molar-refractivity contribution >= 4 is 23.3 Å². The van der Waals surface area contributed by atoms with E-state index in [0.717, 1.165) is 16.8 Å². The summed E-state index contributed by atoms with van der Waals surface area (Å²) < 4.78 is 0. The highest BCUT2D eigenvalue weighted by atomic mass is 15.0. The third-order valence-electron chi connectivity index (χ3n) is 3.02. The van der Waals surface area contributed by atoms with Crippen LogP contribution in [-0.4, -0.2) is 11.2 Å². The van der Waals surface area contributed by atoms with Crippen LogP contribution < -0.4 is 16.8 Å². The minimum absolute atomic E-state index is 0.504. The molecular formula is C17H19N5. The fraction of sp³-hybridized carbons (Fsp3) is 0.0588.